The van der Waals surface area contributed by atoms with Crippen LogP contribution in [0.4, 0.5) is 17.2 Å². The summed E-state index contributed by atoms with van der Waals surface area (Å²) in [7, 11) is -4.48. The van der Waals surface area contributed by atoms with Crippen LogP contribution in [0.2, 0.25) is 0 Å². The third kappa shape index (κ3) is 4.66. The van der Waals surface area contributed by atoms with E-state index in [4.69, 9.17) is 10.5 Å². The highest BCUT2D eigenvalue weighted by molar-refractivity contribution is 7.92. The molecular weight excluding hydrogens is 445 g/mol. The Hall–Kier alpha value is -2.83. The number of sulfone groups is 1. The van der Waals surface area contributed by atoms with E-state index < -0.39 is 22.2 Å². The van der Waals surface area contributed by atoms with Gasteiger partial charge in [-0.2, -0.15) is 0 Å². The molecule has 3 N–H and O–H groups in total. The van der Waals surface area contributed by atoms with Crippen LogP contribution in [0.15, 0.2) is 59.6 Å². The molecule has 0 bridgehead atoms. The van der Waals surface area contributed by atoms with Crippen LogP contribution in [0.25, 0.3) is 11.1 Å². The van der Waals surface area contributed by atoms with Gasteiger partial charge in [-0.1, -0.05) is 18.2 Å². The fraction of sp³-hybridized carbons (Fsp3) is 0.261. The number of nitrogen functional groups attached to an aromatic ring is 1. The third-order valence-corrected chi connectivity index (χ3v) is 8.87. The molecule has 1 heterocycles. The topological polar surface area (TPSA) is 111 Å². The predicted octanol–water partition coefficient (Wildman–Crippen LogP) is 4.51. The summed E-state index contributed by atoms with van der Waals surface area (Å²) in [6.07, 6.45) is 1.55. The monoisotopic (exact) mass is 473 g/mol. The van der Waals surface area contributed by atoms with Crippen LogP contribution >= 0.6 is 7.14 Å². The van der Waals surface area contributed by atoms with Gasteiger partial charge in [-0.25, -0.2) is 13.4 Å². The summed E-state index contributed by atoms with van der Waals surface area (Å²) in [5.41, 5.74) is 8.48. The molecule has 32 heavy (non-hydrogen) atoms. The van der Waals surface area contributed by atoms with Crippen molar-refractivity contribution in [3.63, 3.8) is 0 Å². The van der Waals surface area contributed by atoms with Crippen LogP contribution in [0.5, 0.6) is 5.75 Å². The number of ether oxygens (including phenoxy) is 1. The summed E-state index contributed by atoms with van der Waals surface area (Å²) in [6.45, 7) is 6.68. The summed E-state index contributed by atoms with van der Waals surface area (Å²) >= 11 is 0. The molecule has 9 heteroatoms. The van der Waals surface area contributed by atoms with E-state index in [9.17, 15) is 13.0 Å². The van der Waals surface area contributed by atoms with Crippen LogP contribution < -0.4 is 21.1 Å². The zero-order chi connectivity index (χ0) is 23.7. The number of nitrogens with zero attached hydrogens (tertiary/aromatic N) is 1. The van der Waals surface area contributed by atoms with Crippen molar-refractivity contribution in [3.8, 4) is 16.9 Å². The lowest BCUT2D eigenvalue weighted by Crippen LogP contribution is -2.15. The van der Waals surface area contributed by atoms with Gasteiger partial charge in [-0.05, 0) is 57.5 Å². The molecule has 0 spiro atoms. The molecule has 0 saturated carbocycles. The molecule has 0 aliphatic heterocycles. The van der Waals surface area contributed by atoms with E-state index in [0.717, 1.165) is 0 Å². The van der Waals surface area contributed by atoms with Gasteiger partial charge in [-0.3, -0.25) is 0 Å². The van der Waals surface area contributed by atoms with Gasteiger partial charge in [0.2, 0.25) is 0 Å². The van der Waals surface area contributed by atoms with Gasteiger partial charge in [0.1, 0.15) is 18.7 Å². The van der Waals surface area contributed by atoms with Gasteiger partial charge >= 0.3 is 0 Å². The first-order chi connectivity index (χ1) is 15.0. The number of anilines is 3. The highest BCUT2D eigenvalue weighted by Gasteiger charge is 2.24. The third-order valence-electron chi connectivity index (χ3n) is 5.14. The molecule has 3 rings (SSSR count). The van der Waals surface area contributed by atoms with Crippen molar-refractivity contribution in [3.05, 3.63) is 54.7 Å². The average molecular weight is 474 g/mol. The van der Waals surface area contributed by atoms with Crippen LogP contribution in [-0.2, 0) is 14.4 Å². The van der Waals surface area contributed by atoms with E-state index >= 15 is 0 Å². The maximum Gasteiger partial charge on any atom is 0.182 e. The summed E-state index contributed by atoms with van der Waals surface area (Å²) in [5.74, 6) is 0.749. The molecule has 0 amide bonds. The maximum atomic E-state index is 12.9. The maximum absolute atomic E-state index is 12.9. The smallest absolute Gasteiger partial charge is 0.182 e. The first-order valence-corrected chi connectivity index (χ1v) is 14.2. The first kappa shape index (κ1) is 23.8. The molecule has 7 nitrogen and oxygen atoms in total. The number of hydrogen-bond acceptors (Lipinski definition) is 7. The minimum absolute atomic E-state index is 0.205. The summed E-state index contributed by atoms with van der Waals surface area (Å²) in [5, 5.41) is 3.34. The van der Waals surface area contributed by atoms with Crippen LogP contribution in [0.1, 0.15) is 13.8 Å². The van der Waals surface area contributed by atoms with Crippen molar-refractivity contribution in [2.45, 2.75) is 24.0 Å². The molecule has 0 fully saturated rings. The lowest BCUT2D eigenvalue weighted by atomic mass is 10.0. The van der Waals surface area contributed by atoms with E-state index in [-0.39, 0.29) is 10.7 Å². The fourth-order valence-corrected chi connectivity index (χ4v) is 5.37. The molecule has 0 saturated heterocycles. The van der Waals surface area contributed by atoms with E-state index in [1.165, 1.54) is 7.11 Å². The van der Waals surface area contributed by atoms with Crippen molar-refractivity contribution in [2.24, 2.45) is 0 Å². The molecule has 2 aromatic carbocycles. The number of aromatic nitrogens is 1. The van der Waals surface area contributed by atoms with Gasteiger partial charge in [-0.15, -0.1) is 0 Å². The van der Waals surface area contributed by atoms with E-state index in [0.29, 0.717) is 33.6 Å². The summed E-state index contributed by atoms with van der Waals surface area (Å²) < 4.78 is 43.9. The van der Waals surface area contributed by atoms with E-state index in [2.05, 4.69) is 10.3 Å². The molecule has 0 unspecified atom stereocenters. The van der Waals surface area contributed by atoms with Crippen molar-refractivity contribution in [1.29, 1.82) is 0 Å². The number of rotatable bonds is 7. The highest BCUT2D eigenvalue weighted by atomic mass is 32.2. The second kappa shape index (κ2) is 8.96. The molecule has 1 aromatic heterocycles. The Morgan fingerprint density at radius 1 is 1.06 bits per heavy atom. The van der Waals surface area contributed by atoms with Crippen LogP contribution in [-0.4, -0.2) is 39.1 Å². The van der Waals surface area contributed by atoms with Crippen LogP contribution in [0.3, 0.4) is 0 Å². The number of benzene rings is 2. The quantitative estimate of drug-likeness (QED) is 0.486. The van der Waals surface area contributed by atoms with Gasteiger partial charge in [0, 0.05) is 17.1 Å². The van der Waals surface area contributed by atoms with Crippen molar-refractivity contribution in [2.75, 3.05) is 31.5 Å². The molecule has 0 aliphatic carbocycles. The molecule has 0 radical (unpaired) electrons. The Kier molecular flexibility index (Phi) is 6.67. The molecule has 0 aliphatic rings. The lowest BCUT2D eigenvalue weighted by molar-refractivity contribution is 0.417. The second-order valence-electron chi connectivity index (χ2n) is 8.07. The highest BCUT2D eigenvalue weighted by Crippen LogP contribution is 2.42. The predicted molar refractivity (Wildman–Crippen MR) is 132 cm³/mol. The Balaban J connectivity index is 2.18. The standard InChI is InChI=1S/C23H28N3O4PS/c1-15(2)32(28,29)21-9-7-6-8-18(21)26-19-12-13-25-23(24)22(19)17-11-10-16(31(4,5)27)14-20(17)30-3/h6-15H,1-5H3,(H3,24,25,26). The zero-order valence-corrected chi connectivity index (χ0v) is 20.5. The molecular formula is C23H28N3O4PS. The Labute approximate surface area is 189 Å². The zero-order valence-electron chi connectivity index (χ0n) is 18.8. The Morgan fingerprint density at radius 2 is 1.75 bits per heavy atom. The first-order valence-electron chi connectivity index (χ1n) is 10.0. The number of para-hydroxylation sites is 1. The SMILES string of the molecule is COc1cc(P(C)(C)=O)ccc1-c1c(Nc2ccccc2S(=O)(=O)C(C)C)ccnc1N. The minimum Gasteiger partial charge on any atom is -0.496 e. The Morgan fingerprint density at radius 3 is 2.38 bits per heavy atom. The normalized spacial score (nSPS) is 12.1. The molecule has 3 aromatic rings. The van der Waals surface area contributed by atoms with E-state index in [1.54, 1.807) is 81.9 Å². The van der Waals surface area contributed by atoms with Gasteiger partial charge in [0.25, 0.3) is 0 Å². The van der Waals surface area contributed by atoms with Crippen molar-refractivity contribution in [1.82, 2.24) is 4.98 Å². The van der Waals surface area contributed by atoms with Gasteiger partial charge in [0.15, 0.2) is 9.84 Å². The number of pyridine rings is 1. The number of nitrogens with two attached hydrogens (primary N) is 1. The molecule has 170 valence electrons. The van der Waals surface area contributed by atoms with Gasteiger partial charge in [0.05, 0.1) is 34.2 Å². The van der Waals surface area contributed by atoms with Crippen molar-refractivity contribution < 1.29 is 17.7 Å². The lowest BCUT2D eigenvalue weighted by Gasteiger charge is -2.19. The minimum atomic E-state index is -3.52. The average Bonchev–Trinajstić information content (AvgIpc) is 2.73. The van der Waals surface area contributed by atoms with E-state index in [1.807, 2.05) is 0 Å². The van der Waals surface area contributed by atoms with Crippen LogP contribution in [0, 0.1) is 0 Å². The molecule has 0 atom stereocenters. The largest absolute Gasteiger partial charge is 0.496 e. The summed E-state index contributed by atoms with van der Waals surface area (Å²) in [4.78, 5) is 4.42. The second-order valence-corrected chi connectivity index (χ2v) is 13.8. The number of methoxy groups -OCH3 is 1. The number of hydrogen-bond donors (Lipinski definition) is 2. The van der Waals surface area contributed by atoms with Gasteiger partial charge < -0.3 is 20.4 Å². The van der Waals surface area contributed by atoms with Crippen molar-refractivity contribution >= 4 is 39.5 Å². The Bertz CT molecular complexity index is 1300. The number of nitrogens with one attached hydrogen (secondary N) is 1. The fourth-order valence-electron chi connectivity index (χ4n) is 3.30. The summed E-state index contributed by atoms with van der Waals surface area (Å²) in [6, 6.07) is 13.8.